The van der Waals surface area contributed by atoms with E-state index >= 15 is 0 Å². The number of halogens is 1. The van der Waals surface area contributed by atoms with Gasteiger partial charge < -0.3 is 20.7 Å². The number of methoxy groups -OCH3 is 1. The number of ether oxygens (including phenoxy) is 1. The summed E-state index contributed by atoms with van der Waals surface area (Å²) < 4.78 is 5.44. The average Bonchev–Trinajstić information content (AvgIpc) is 3.06. The van der Waals surface area contributed by atoms with Crippen molar-refractivity contribution in [2.45, 2.75) is 18.1 Å². The number of hydrogen-bond acceptors (Lipinski definition) is 3. The second-order valence-corrected chi connectivity index (χ2v) is 6.64. The molecule has 3 rings (SSSR count). The number of rotatable bonds is 4. The van der Waals surface area contributed by atoms with E-state index in [0.717, 1.165) is 0 Å². The highest BCUT2D eigenvalue weighted by Gasteiger charge is 2.53. The molecule has 1 fully saturated rings. The summed E-state index contributed by atoms with van der Waals surface area (Å²) in [5.74, 6) is -0.588. The van der Waals surface area contributed by atoms with Gasteiger partial charge in [-0.2, -0.15) is 0 Å². The first kappa shape index (κ1) is 18.2. The zero-order valence-corrected chi connectivity index (χ0v) is 15.1. The Kier molecular flexibility index (Phi) is 5.15. The lowest BCUT2D eigenvalue weighted by molar-refractivity contribution is -0.127. The Bertz CT molecular complexity index is 797. The molecule has 7 heteroatoms. The predicted molar refractivity (Wildman–Crippen MR) is 99.9 cm³/mol. The van der Waals surface area contributed by atoms with Crippen molar-refractivity contribution in [1.82, 2.24) is 4.90 Å². The van der Waals surface area contributed by atoms with E-state index in [0.29, 0.717) is 22.7 Å². The number of urea groups is 1. The minimum atomic E-state index is -1.27. The maximum atomic E-state index is 13.0. The summed E-state index contributed by atoms with van der Waals surface area (Å²) in [6.45, 7) is 0.258. The van der Waals surface area contributed by atoms with E-state index in [1.807, 2.05) is 18.2 Å². The fourth-order valence-corrected chi connectivity index (χ4v) is 3.49. The molecule has 2 aromatic rings. The number of likely N-dealkylation sites (tertiary alicyclic amines) is 1. The van der Waals surface area contributed by atoms with Gasteiger partial charge >= 0.3 is 6.03 Å². The summed E-state index contributed by atoms with van der Waals surface area (Å²) in [6, 6.07) is 15.4. The van der Waals surface area contributed by atoms with Gasteiger partial charge in [-0.25, -0.2) is 4.79 Å². The summed E-state index contributed by atoms with van der Waals surface area (Å²) in [5.41, 5.74) is 5.76. The maximum Gasteiger partial charge on any atom is 0.323 e. The van der Waals surface area contributed by atoms with E-state index in [-0.39, 0.29) is 12.6 Å². The van der Waals surface area contributed by atoms with Gasteiger partial charge in [-0.15, -0.1) is 0 Å². The number of nitrogens with two attached hydrogens (primary N) is 1. The second-order valence-electron chi connectivity index (χ2n) is 6.20. The molecule has 26 heavy (non-hydrogen) atoms. The van der Waals surface area contributed by atoms with Crippen LogP contribution in [0.3, 0.4) is 0 Å². The number of benzene rings is 2. The molecule has 0 spiro atoms. The monoisotopic (exact) mass is 373 g/mol. The smallest absolute Gasteiger partial charge is 0.323 e. The van der Waals surface area contributed by atoms with Gasteiger partial charge in [0.2, 0.25) is 5.91 Å². The Morgan fingerprint density at radius 1 is 1.19 bits per heavy atom. The molecule has 3 amide bonds. The second kappa shape index (κ2) is 7.35. The number of primary amides is 1. The largest absolute Gasteiger partial charge is 0.379 e. The van der Waals surface area contributed by atoms with E-state index in [1.54, 1.807) is 43.5 Å². The molecule has 2 unspecified atom stereocenters. The van der Waals surface area contributed by atoms with Crippen molar-refractivity contribution in [2.75, 3.05) is 19.0 Å². The first-order valence-corrected chi connectivity index (χ1v) is 8.57. The van der Waals surface area contributed by atoms with Crippen molar-refractivity contribution in [2.24, 2.45) is 5.73 Å². The van der Waals surface area contributed by atoms with Gasteiger partial charge in [-0.05, 0) is 29.8 Å². The van der Waals surface area contributed by atoms with Crippen LogP contribution < -0.4 is 11.1 Å². The lowest BCUT2D eigenvalue weighted by atomic mass is 9.86. The SMILES string of the molecule is COC1CN(C(=O)Nc2ccc(Cl)cc2)C(C(N)=O)(c2ccccc2)C1. The van der Waals surface area contributed by atoms with Crippen LogP contribution in [0.5, 0.6) is 0 Å². The summed E-state index contributed by atoms with van der Waals surface area (Å²) in [5, 5.41) is 3.37. The van der Waals surface area contributed by atoms with E-state index in [1.165, 1.54) is 4.90 Å². The molecule has 1 heterocycles. The summed E-state index contributed by atoms with van der Waals surface area (Å²) in [6.07, 6.45) is 0.00957. The zero-order valence-electron chi connectivity index (χ0n) is 14.3. The van der Waals surface area contributed by atoms with Gasteiger partial charge in [0.25, 0.3) is 0 Å². The minimum absolute atomic E-state index is 0.258. The van der Waals surface area contributed by atoms with Gasteiger partial charge in [0.05, 0.1) is 12.6 Å². The molecule has 0 saturated carbocycles. The summed E-state index contributed by atoms with van der Waals surface area (Å²) in [7, 11) is 1.56. The highest BCUT2D eigenvalue weighted by molar-refractivity contribution is 6.30. The number of amides is 3. The molecule has 1 aliphatic rings. The molecule has 1 aliphatic heterocycles. The fraction of sp³-hybridized carbons (Fsp3) is 0.263. The number of anilines is 1. The van der Waals surface area contributed by atoms with Crippen LogP contribution in [0.25, 0.3) is 0 Å². The predicted octanol–water partition coefficient (Wildman–Crippen LogP) is 2.97. The third-order valence-electron chi connectivity index (χ3n) is 4.70. The third kappa shape index (κ3) is 3.25. The van der Waals surface area contributed by atoms with Crippen LogP contribution in [0.4, 0.5) is 10.5 Å². The molecule has 0 aliphatic carbocycles. The van der Waals surface area contributed by atoms with Crippen LogP contribution in [0.15, 0.2) is 54.6 Å². The molecule has 2 aromatic carbocycles. The third-order valence-corrected chi connectivity index (χ3v) is 4.95. The normalized spacial score (nSPS) is 22.2. The van der Waals surface area contributed by atoms with E-state index < -0.39 is 17.5 Å². The van der Waals surface area contributed by atoms with Gasteiger partial charge in [0.15, 0.2) is 5.54 Å². The van der Waals surface area contributed by atoms with Crippen LogP contribution in [0.1, 0.15) is 12.0 Å². The molecule has 6 nitrogen and oxygen atoms in total. The standard InChI is InChI=1S/C19H20ClN3O3/c1-26-16-11-19(17(21)24,13-5-3-2-4-6-13)23(12-16)18(25)22-15-9-7-14(20)8-10-15/h2-10,16H,11-12H2,1H3,(H2,21,24)(H,22,25). The van der Waals surface area contributed by atoms with Crippen LogP contribution in [0.2, 0.25) is 5.02 Å². The Morgan fingerprint density at radius 2 is 1.85 bits per heavy atom. The van der Waals surface area contributed by atoms with Crippen molar-refractivity contribution in [3.63, 3.8) is 0 Å². The van der Waals surface area contributed by atoms with Crippen molar-refractivity contribution in [3.8, 4) is 0 Å². The van der Waals surface area contributed by atoms with Gasteiger partial charge in [0, 0.05) is 24.2 Å². The Hall–Kier alpha value is -2.57. The van der Waals surface area contributed by atoms with Crippen LogP contribution >= 0.6 is 11.6 Å². The molecule has 2 atom stereocenters. The molecular weight excluding hydrogens is 354 g/mol. The van der Waals surface area contributed by atoms with Crippen LogP contribution in [0, 0.1) is 0 Å². The van der Waals surface area contributed by atoms with Gasteiger partial charge in [0.1, 0.15) is 0 Å². The fourth-order valence-electron chi connectivity index (χ4n) is 3.37. The van der Waals surface area contributed by atoms with Gasteiger partial charge in [-0.1, -0.05) is 41.9 Å². The van der Waals surface area contributed by atoms with Crippen LogP contribution in [-0.2, 0) is 15.1 Å². The number of nitrogens with zero attached hydrogens (tertiary/aromatic N) is 1. The summed E-state index contributed by atoms with van der Waals surface area (Å²) >= 11 is 5.88. The minimum Gasteiger partial charge on any atom is -0.379 e. The van der Waals surface area contributed by atoms with E-state index in [2.05, 4.69) is 5.32 Å². The van der Waals surface area contributed by atoms with Crippen molar-refractivity contribution in [1.29, 1.82) is 0 Å². The highest BCUT2D eigenvalue weighted by atomic mass is 35.5. The molecule has 0 bridgehead atoms. The molecule has 3 N–H and O–H groups in total. The average molecular weight is 374 g/mol. The first-order chi connectivity index (χ1) is 12.5. The van der Waals surface area contributed by atoms with Crippen molar-refractivity contribution >= 4 is 29.2 Å². The van der Waals surface area contributed by atoms with Crippen molar-refractivity contribution < 1.29 is 14.3 Å². The molecule has 1 saturated heterocycles. The maximum absolute atomic E-state index is 13.0. The Labute approximate surface area is 156 Å². The quantitative estimate of drug-likeness (QED) is 0.864. The lowest BCUT2D eigenvalue weighted by Crippen LogP contribution is -2.54. The molecule has 136 valence electrons. The Morgan fingerprint density at radius 3 is 2.42 bits per heavy atom. The van der Waals surface area contributed by atoms with E-state index in [4.69, 9.17) is 22.1 Å². The number of carbonyl (C=O) groups is 2. The number of hydrogen-bond donors (Lipinski definition) is 2. The van der Waals surface area contributed by atoms with Gasteiger partial charge in [-0.3, -0.25) is 4.79 Å². The zero-order chi connectivity index (χ0) is 18.7. The number of carbonyl (C=O) groups excluding carboxylic acids is 2. The summed E-state index contributed by atoms with van der Waals surface area (Å²) in [4.78, 5) is 26.9. The topological polar surface area (TPSA) is 84.7 Å². The molecule has 0 radical (unpaired) electrons. The van der Waals surface area contributed by atoms with Crippen LogP contribution in [-0.4, -0.2) is 36.6 Å². The van der Waals surface area contributed by atoms with E-state index in [9.17, 15) is 9.59 Å². The highest BCUT2D eigenvalue weighted by Crippen LogP contribution is 2.40. The Balaban J connectivity index is 1.97. The molecular formula is C19H20ClN3O3. The lowest BCUT2D eigenvalue weighted by Gasteiger charge is -2.35. The van der Waals surface area contributed by atoms with Crippen molar-refractivity contribution in [3.05, 3.63) is 65.2 Å². The first-order valence-electron chi connectivity index (χ1n) is 8.20. The number of nitrogens with one attached hydrogen (secondary N) is 1. The molecule has 0 aromatic heterocycles.